The molecule has 5 nitrogen and oxygen atoms in total. The van der Waals surface area contributed by atoms with Gasteiger partial charge in [-0.3, -0.25) is 0 Å². The molecule has 1 N–H and O–H groups in total. The van der Waals surface area contributed by atoms with Crippen molar-refractivity contribution < 1.29 is 23.1 Å². The van der Waals surface area contributed by atoms with Gasteiger partial charge in [-0.05, 0) is 31.0 Å². The van der Waals surface area contributed by atoms with Gasteiger partial charge in [0.25, 0.3) is 0 Å². The maximum absolute atomic E-state index is 12.4. The molecule has 1 fully saturated rings. The standard InChI is InChI=1S/C12H13ClO5S/c13-11-2-1-9(7-10(11)12(14)15)19(16,17)8-3-5-18-6-4-8/h1-2,7-8H,3-6H2,(H,14,15). The summed E-state index contributed by atoms with van der Waals surface area (Å²) >= 11 is 5.73. The molecule has 1 aliphatic heterocycles. The summed E-state index contributed by atoms with van der Waals surface area (Å²) in [4.78, 5) is 11.0. The van der Waals surface area contributed by atoms with E-state index in [1.807, 2.05) is 0 Å². The van der Waals surface area contributed by atoms with Crippen molar-refractivity contribution in [3.8, 4) is 0 Å². The molecule has 2 rings (SSSR count). The molecule has 1 aliphatic rings. The molecule has 0 bridgehead atoms. The van der Waals surface area contributed by atoms with E-state index in [0.29, 0.717) is 26.1 Å². The summed E-state index contributed by atoms with van der Waals surface area (Å²) < 4.78 is 29.9. The van der Waals surface area contributed by atoms with Crippen LogP contribution in [0.4, 0.5) is 0 Å². The Morgan fingerprint density at radius 3 is 2.53 bits per heavy atom. The molecule has 1 saturated heterocycles. The number of hydrogen-bond donors (Lipinski definition) is 1. The molecule has 0 amide bonds. The molecule has 7 heteroatoms. The highest BCUT2D eigenvalue weighted by Gasteiger charge is 2.30. The highest BCUT2D eigenvalue weighted by Crippen LogP contribution is 2.27. The maximum atomic E-state index is 12.4. The zero-order valence-corrected chi connectivity index (χ0v) is 11.6. The summed E-state index contributed by atoms with van der Waals surface area (Å²) in [6.07, 6.45) is 0.848. The second-order valence-corrected chi connectivity index (χ2v) is 6.94. The van der Waals surface area contributed by atoms with Gasteiger partial charge in [-0.1, -0.05) is 11.6 Å². The lowest BCUT2D eigenvalue weighted by Gasteiger charge is -2.22. The van der Waals surface area contributed by atoms with Gasteiger partial charge in [-0.15, -0.1) is 0 Å². The first-order chi connectivity index (χ1) is 8.93. The monoisotopic (exact) mass is 304 g/mol. The van der Waals surface area contributed by atoms with Gasteiger partial charge >= 0.3 is 5.97 Å². The molecule has 1 heterocycles. The average molecular weight is 305 g/mol. The number of halogens is 1. The van der Waals surface area contributed by atoms with Gasteiger partial charge in [0, 0.05) is 13.2 Å². The Hall–Kier alpha value is -1.11. The second-order valence-electron chi connectivity index (χ2n) is 4.30. The Bertz CT molecular complexity index is 590. The molecular weight excluding hydrogens is 292 g/mol. The van der Waals surface area contributed by atoms with Gasteiger partial charge in [-0.2, -0.15) is 0 Å². The Balaban J connectivity index is 2.40. The predicted octanol–water partition coefficient (Wildman–Crippen LogP) is 1.99. The fourth-order valence-corrected chi connectivity index (χ4v) is 3.96. The van der Waals surface area contributed by atoms with Crippen LogP contribution < -0.4 is 0 Å². The van der Waals surface area contributed by atoms with Gasteiger partial charge in [0.1, 0.15) is 0 Å². The van der Waals surface area contributed by atoms with E-state index in [0.717, 1.165) is 6.07 Å². The topological polar surface area (TPSA) is 80.7 Å². The van der Waals surface area contributed by atoms with Crippen LogP contribution in [0.1, 0.15) is 23.2 Å². The van der Waals surface area contributed by atoms with E-state index in [-0.39, 0.29) is 15.5 Å². The van der Waals surface area contributed by atoms with Gasteiger partial charge in [-0.25, -0.2) is 13.2 Å². The predicted molar refractivity (Wildman–Crippen MR) is 69.4 cm³/mol. The first-order valence-corrected chi connectivity index (χ1v) is 7.70. The molecule has 104 valence electrons. The summed E-state index contributed by atoms with van der Waals surface area (Å²) in [5.41, 5.74) is -0.199. The molecular formula is C12H13ClO5S. The number of aromatic carboxylic acids is 1. The smallest absolute Gasteiger partial charge is 0.337 e. The number of carboxylic acids is 1. The number of hydrogen-bond acceptors (Lipinski definition) is 4. The van der Waals surface area contributed by atoms with E-state index in [9.17, 15) is 13.2 Å². The highest BCUT2D eigenvalue weighted by molar-refractivity contribution is 7.92. The normalized spacial score (nSPS) is 17.3. The summed E-state index contributed by atoms with van der Waals surface area (Å²) in [5, 5.41) is 8.47. The third kappa shape index (κ3) is 2.91. The fourth-order valence-electron chi connectivity index (χ4n) is 2.02. The Morgan fingerprint density at radius 1 is 1.32 bits per heavy atom. The lowest BCUT2D eigenvalue weighted by atomic mass is 10.2. The van der Waals surface area contributed by atoms with Crippen molar-refractivity contribution in [3.63, 3.8) is 0 Å². The molecule has 0 aliphatic carbocycles. The van der Waals surface area contributed by atoms with Crippen molar-refractivity contribution in [1.29, 1.82) is 0 Å². The van der Waals surface area contributed by atoms with Gasteiger partial charge in [0.15, 0.2) is 9.84 Å². The molecule has 1 aromatic carbocycles. The summed E-state index contributed by atoms with van der Waals surface area (Å²) in [6.45, 7) is 0.812. The average Bonchev–Trinajstić information content (AvgIpc) is 2.39. The molecule has 0 radical (unpaired) electrons. The zero-order valence-electron chi connectivity index (χ0n) is 10.0. The first kappa shape index (κ1) is 14.3. The van der Waals surface area contributed by atoms with E-state index in [4.69, 9.17) is 21.4 Å². The van der Waals surface area contributed by atoms with Crippen LogP contribution in [0.5, 0.6) is 0 Å². The third-order valence-electron chi connectivity index (χ3n) is 3.10. The van der Waals surface area contributed by atoms with Crippen LogP contribution in [0.2, 0.25) is 5.02 Å². The molecule has 0 spiro atoms. The van der Waals surface area contributed by atoms with Gasteiger partial charge in [0.05, 0.1) is 20.7 Å². The van der Waals surface area contributed by atoms with Crippen molar-refractivity contribution in [2.75, 3.05) is 13.2 Å². The van der Waals surface area contributed by atoms with Crippen molar-refractivity contribution in [3.05, 3.63) is 28.8 Å². The third-order valence-corrected chi connectivity index (χ3v) is 5.69. The van der Waals surface area contributed by atoms with Gasteiger partial charge in [0.2, 0.25) is 0 Å². The van der Waals surface area contributed by atoms with E-state index in [2.05, 4.69) is 0 Å². The van der Waals surface area contributed by atoms with Crippen molar-refractivity contribution in [2.45, 2.75) is 23.0 Å². The Kier molecular flexibility index (Phi) is 4.13. The first-order valence-electron chi connectivity index (χ1n) is 5.77. The van der Waals surface area contributed by atoms with Crippen molar-refractivity contribution in [2.24, 2.45) is 0 Å². The van der Waals surface area contributed by atoms with Crippen LogP contribution >= 0.6 is 11.6 Å². The van der Waals surface area contributed by atoms with E-state index in [1.54, 1.807) is 0 Å². The number of sulfone groups is 1. The van der Waals surface area contributed by atoms with E-state index >= 15 is 0 Å². The molecule has 19 heavy (non-hydrogen) atoms. The van der Waals surface area contributed by atoms with E-state index in [1.165, 1.54) is 12.1 Å². The van der Waals surface area contributed by atoms with Crippen LogP contribution in [0.15, 0.2) is 23.1 Å². The van der Waals surface area contributed by atoms with Crippen LogP contribution in [-0.4, -0.2) is 38.0 Å². The zero-order chi connectivity index (χ0) is 14.0. The van der Waals surface area contributed by atoms with Crippen LogP contribution in [0, 0.1) is 0 Å². The maximum Gasteiger partial charge on any atom is 0.337 e. The number of rotatable bonds is 3. The minimum Gasteiger partial charge on any atom is -0.478 e. The van der Waals surface area contributed by atoms with Crippen molar-refractivity contribution >= 4 is 27.4 Å². The fraction of sp³-hybridized carbons (Fsp3) is 0.417. The Labute approximate surface area is 116 Å². The number of carbonyl (C=O) groups is 1. The lowest BCUT2D eigenvalue weighted by molar-refractivity contribution is 0.0696. The summed E-state index contributed by atoms with van der Waals surface area (Å²) in [5.74, 6) is -1.24. The van der Waals surface area contributed by atoms with Crippen LogP contribution in [0.25, 0.3) is 0 Å². The molecule has 0 unspecified atom stereocenters. The van der Waals surface area contributed by atoms with Crippen molar-refractivity contribution in [1.82, 2.24) is 0 Å². The minimum atomic E-state index is -3.54. The molecule has 1 aromatic rings. The van der Waals surface area contributed by atoms with Crippen LogP contribution in [0.3, 0.4) is 0 Å². The number of benzene rings is 1. The minimum absolute atomic E-state index is 0.00111. The van der Waals surface area contributed by atoms with E-state index < -0.39 is 21.1 Å². The largest absolute Gasteiger partial charge is 0.478 e. The number of ether oxygens (including phenoxy) is 1. The molecule has 0 atom stereocenters. The summed E-state index contributed by atoms with van der Waals surface area (Å²) in [7, 11) is -3.54. The highest BCUT2D eigenvalue weighted by atomic mass is 35.5. The van der Waals surface area contributed by atoms with Gasteiger partial charge < -0.3 is 9.84 Å². The molecule has 0 aromatic heterocycles. The number of carboxylic acid groups (broad SMARTS) is 1. The quantitative estimate of drug-likeness (QED) is 0.923. The Morgan fingerprint density at radius 2 is 1.95 bits per heavy atom. The molecule has 0 saturated carbocycles. The lowest BCUT2D eigenvalue weighted by Crippen LogP contribution is -2.29. The SMILES string of the molecule is O=C(O)c1cc(S(=O)(=O)C2CCOCC2)ccc1Cl. The second kappa shape index (κ2) is 5.48. The summed E-state index contributed by atoms with van der Waals surface area (Å²) in [6, 6.07) is 3.77. The van der Waals surface area contributed by atoms with Crippen LogP contribution in [-0.2, 0) is 14.6 Å².